The lowest BCUT2D eigenvalue weighted by Crippen LogP contribution is -2.19. The highest BCUT2D eigenvalue weighted by atomic mass is 32.2. The first-order valence-electron chi connectivity index (χ1n) is 7.17. The summed E-state index contributed by atoms with van der Waals surface area (Å²) in [6, 6.07) is 12.8. The molecular formula is C17H17F3O3S. The van der Waals surface area contributed by atoms with Gasteiger partial charge < -0.3 is 4.74 Å². The lowest BCUT2D eigenvalue weighted by Gasteiger charge is -2.10. The fourth-order valence-corrected chi connectivity index (χ4v) is 3.70. The van der Waals surface area contributed by atoms with Gasteiger partial charge in [-0.3, -0.25) is 0 Å². The maximum Gasteiger partial charge on any atom is 0.422 e. The zero-order valence-electron chi connectivity index (χ0n) is 13.0. The molecule has 0 atom stereocenters. The minimum Gasteiger partial charge on any atom is -0.484 e. The van der Waals surface area contributed by atoms with E-state index in [0.717, 1.165) is 5.56 Å². The second-order valence-corrected chi connectivity index (χ2v) is 7.63. The monoisotopic (exact) mass is 358 g/mol. The van der Waals surface area contributed by atoms with Crippen molar-refractivity contribution in [1.29, 1.82) is 0 Å². The first kappa shape index (κ1) is 18.3. The van der Waals surface area contributed by atoms with E-state index in [1.54, 1.807) is 12.1 Å². The summed E-state index contributed by atoms with van der Waals surface area (Å²) in [5.41, 5.74) is 2.19. The van der Waals surface area contributed by atoms with Gasteiger partial charge in [-0.1, -0.05) is 42.0 Å². The van der Waals surface area contributed by atoms with Gasteiger partial charge in [0, 0.05) is 0 Å². The summed E-state index contributed by atoms with van der Waals surface area (Å²) >= 11 is 0. The molecule has 7 heteroatoms. The van der Waals surface area contributed by atoms with Crippen LogP contribution in [0.15, 0.2) is 48.5 Å². The summed E-state index contributed by atoms with van der Waals surface area (Å²) in [7, 11) is -3.37. The molecule has 3 nitrogen and oxygen atoms in total. The average Bonchev–Trinajstić information content (AvgIpc) is 2.45. The van der Waals surface area contributed by atoms with Gasteiger partial charge in [0.2, 0.25) is 0 Å². The smallest absolute Gasteiger partial charge is 0.422 e. The standard InChI is InChI=1S/C17H17F3O3S/c1-13-3-2-4-15(9-13)11-24(21,22)10-14-5-7-16(8-6-14)23-12-17(18,19)20/h2-9H,10-12H2,1H3. The second-order valence-electron chi connectivity index (χ2n) is 5.57. The van der Waals surface area contributed by atoms with E-state index in [0.29, 0.717) is 11.1 Å². The molecule has 0 unspecified atom stereocenters. The van der Waals surface area contributed by atoms with E-state index in [2.05, 4.69) is 4.74 Å². The highest BCUT2D eigenvalue weighted by molar-refractivity contribution is 7.89. The number of sulfone groups is 1. The van der Waals surface area contributed by atoms with E-state index in [1.807, 2.05) is 19.1 Å². The number of aryl methyl sites for hydroxylation is 1. The molecule has 2 rings (SSSR count). The molecule has 2 aromatic rings. The molecule has 0 aromatic heterocycles. The van der Waals surface area contributed by atoms with Crippen molar-refractivity contribution in [3.05, 3.63) is 65.2 Å². The molecule has 0 aliphatic rings. The lowest BCUT2D eigenvalue weighted by molar-refractivity contribution is -0.153. The number of hydrogen-bond acceptors (Lipinski definition) is 3. The maximum absolute atomic E-state index is 12.2. The Balaban J connectivity index is 1.99. The first-order valence-corrected chi connectivity index (χ1v) is 9.00. The van der Waals surface area contributed by atoms with Crippen molar-refractivity contribution in [2.75, 3.05) is 6.61 Å². The molecule has 0 N–H and O–H groups in total. The SMILES string of the molecule is Cc1cccc(CS(=O)(=O)Cc2ccc(OCC(F)(F)F)cc2)c1. The molecule has 0 heterocycles. The molecule has 130 valence electrons. The number of hydrogen-bond donors (Lipinski definition) is 0. The molecule has 0 bridgehead atoms. The van der Waals surface area contributed by atoms with Crippen LogP contribution >= 0.6 is 0 Å². The molecule has 0 amide bonds. The van der Waals surface area contributed by atoms with E-state index >= 15 is 0 Å². The van der Waals surface area contributed by atoms with Crippen LogP contribution in [0.2, 0.25) is 0 Å². The number of benzene rings is 2. The summed E-state index contributed by atoms with van der Waals surface area (Å²) in [5.74, 6) is -0.214. The van der Waals surface area contributed by atoms with Crippen LogP contribution in [-0.2, 0) is 21.3 Å². The Hall–Kier alpha value is -2.02. The highest BCUT2D eigenvalue weighted by Gasteiger charge is 2.28. The third-order valence-electron chi connectivity index (χ3n) is 3.18. The van der Waals surface area contributed by atoms with Gasteiger partial charge in [-0.2, -0.15) is 13.2 Å². The Kier molecular flexibility index (Phi) is 5.54. The summed E-state index contributed by atoms with van der Waals surface area (Å²) in [4.78, 5) is 0. The van der Waals surface area contributed by atoms with Crippen LogP contribution in [0.1, 0.15) is 16.7 Å². The highest BCUT2D eigenvalue weighted by Crippen LogP contribution is 2.20. The largest absolute Gasteiger partial charge is 0.484 e. The molecule has 0 fully saturated rings. The Bertz CT molecular complexity index is 781. The molecule has 2 aromatic carbocycles. The van der Waals surface area contributed by atoms with Gasteiger partial charge in [-0.05, 0) is 30.2 Å². The van der Waals surface area contributed by atoms with Gasteiger partial charge in [0.1, 0.15) is 5.75 Å². The van der Waals surface area contributed by atoms with E-state index < -0.39 is 22.6 Å². The second kappa shape index (κ2) is 7.25. The molecule has 0 radical (unpaired) electrons. The van der Waals surface area contributed by atoms with Crippen LogP contribution in [0, 0.1) is 6.92 Å². The molecule has 0 saturated heterocycles. The van der Waals surface area contributed by atoms with Gasteiger partial charge in [-0.15, -0.1) is 0 Å². The van der Waals surface area contributed by atoms with Crippen molar-refractivity contribution in [1.82, 2.24) is 0 Å². The molecule has 0 aliphatic heterocycles. The average molecular weight is 358 g/mol. The van der Waals surface area contributed by atoms with Crippen LogP contribution < -0.4 is 4.74 Å². The molecule has 0 saturated carbocycles. The van der Waals surface area contributed by atoms with Crippen LogP contribution in [0.4, 0.5) is 13.2 Å². The van der Waals surface area contributed by atoms with Crippen molar-refractivity contribution in [2.45, 2.75) is 24.6 Å². The third kappa shape index (κ3) is 6.23. The van der Waals surface area contributed by atoms with Gasteiger partial charge in [0.15, 0.2) is 16.4 Å². The number of rotatable bonds is 6. The van der Waals surface area contributed by atoms with Gasteiger partial charge >= 0.3 is 6.18 Å². The maximum atomic E-state index is 12.2. The predicted molar refractivity (Wildman–Crippen MR) is 85.5 cm³/mol. The van der Waals surface area contributed by atoms with Crippen LogP contribution in [-0.4, -0.2) is 21.2 Å². The minimum atomic E-state index is -4.41. The van der Waals surface area contributed by atoms with Gasteiger partial charge in [-0.25, -0.2) is 8.42 Å². The first-order chi connectivity index (χ1) is 11.1. The Morgan fingerprint density at radius 2 is 1.58 bits per heavy atom. The fraction of sp³-hybridized carbons (Fsp3) is 0.294. The van der Waals surface area contributed by atoms with Crippen LogP contribution in [0.3, 0.4) is 0 Å². The van der Waals surface area contributed by atoms with E-state index in [-0.39, 0.29) is 17.3 Å². The van der Waals surface area contributed by atoms with Crippen molar-refractivity contribution in [3.63, 3.8) is 0 Å². The molecular weight excluding hydrogens is 341 g/mol. The Labute approximate surface area is 139 Å². The Morgan fingerprint density at radius 3 is 2.17 bits per heavy atom. The summed E-state index contributed by atoms with van der Waals surface area (Å²) < 4.78 is 65.3. The zero-order chi connectivity index (χ0) is 17.8. The number of ether oxygens (including phenoxy) is 1. The third-order valence-corrected chi connectivity index (χ3v) is 4.73. The minimum absolute atomic E-state index is 0.0483. The topological polar surface area (TPSA) is 43.4 Å². The van der Waals surface area contributed by atoms with Crippen molar-refractivity contribution < 1.29 is 26.3 Å². The van der Waals surface area contributed by atoms with Gasteiger partial charge in [0.05, 0.1) is 11.5 Å². The van der Waals surface area contributed by atoms with E-state index in [1.165, 1.54) is 24.3 Å². The van der Waals surface area contributed by atoms with Crippen molar-refractivity contribution in [2.24, 2.45) is 0 Å². The molecule has 24 heavy (non-hydrogen) atoms. The van der Waals surface area contributed by atoms with Crippen molar-refractivity contribution >= 4 is 9.84 Å². The Morgan fingerprint density at radius 1 is 0.958 bits per heavy atom. The predicted octanol–water partition coefficient (Wildman–Crippen LogP) is 4.05. The summed E-state index contributed by atoms with van der Waals surface area (Å²) in [6.45, 7) is 0.508. The summed E-state index contributed by atoms with van der Waals surface area (Å²) in [6.07, 6.45) is -4.41. The summed E-state index contributed by atoms with van der Waals surface area (Å²) in [5, 5.41) is 0. The van der Waals surface area contributed by atoms with Crippen LogP contribution in [0.25, 0.3) is 0 Å². The fourth-order valence-electron chi connectivity index (χ4n) is 2.21. The van der Waals surface area contributed by atoms with Crippen molar-refractivity contribution in [3.8, 4) is 5.75 Å². The van der Waals surface area contributed by atoms with Gasteiger partial charge in [0.25, 0.3) is 0 Å². The number of halogens is 3. The zero-order valence-corrected chi connectivity index (χ0v) is 13.8. The van der Waals surface area contributed by atoms with Crippen LogP contribution in [0.5, 0.6) is 5.75 Å². The number of alkyl halides is 3. The quantitative estimate of drug-likeness (QED) is 0.782. The van der Waals surface area contributed by atoms with E-state index in [4.69, 9.17) is 0 Å². The lowest BCUT2D eigenvalue weighted by atomic mass is 10.2. The van der Waals surface area contributed by atoms with E-state index in [9.17, 15) is 21.6 Å². The normalized spacial score (nSPS) is 12.2. The molecule has 0 spiro atoms. The molecule has 0 aliphatic carbocycles.